The number of aromatic nitrogens is 2. The first kappa shape index (κ1) is 18.9. The highest BCUT2D eigenvalue weighted by atomic mass is 16.5. The molecule has 6 nitrogen and oxygen atoms in total. The minimum Gasteiger partial charge on any atom is -0.484 e. The van der Waals surface area contributed by atoms with Gasteiger partial charge in [0.15, 0.2) is 6.61 Å². The van der Waals surface area contributed by atoms with Gasteiger partial charge in [-0.05, 0) is 56.0 Å². The normalized spacial score (nSPS) is 20.3. The zero-order chi connectivity index (χ0) is 19.2. The van der Waals surface area contributed by atoms with Crippen LogP contribution in [0.25, 0.3) is 0 Å². The van der Waals surface area contributed by atoms with Crippen molar-refractivity contribution in [2.24, 2.45) is 0 Å². The molecule has 0 N–H and O–H groups in total. The van der Waals surface area contributed by atoms with E-state index in [1.54, 1.807) is 6.33 Å². The molecule has 1 aromatic heterocycles. The van der Waals surface area contributed by atoms with E-state index in [2.05, 4.69) is 27.0 Å². The van der Waals surface area contributed by atoms with Crippen molar-refractivity contribution in [3.63, 3.8) is 0 Å². The van der Waals surface area contributed by atoms with E-state index in [9.17, 15) is 4.79 Å². The molecule has 0 unspecified atom stereocenters. The van der Waals surface area contributed by atoms with Crippen molar-refractivity contribution >= 4 is 5.91 Å². The lowest BCUT2D eigenvalue weighted by Crippen LogP contribution is -2.34. The molecule has 1 aromatic carbocycles. The molecule has 0 bridgehead atoms. The third-order valence-corrected chi connectivity index (χ3v) is 5.68. The molecule has 2 aliphatic rings. The second kappa shape index (κ2) is 9.15. The highest BCUT2D eigenvalue weighted by Crippen LogP contribution is 2.26. The minimum absolute atomic E-state index is 0.0886. The number of hydrogen-bond acceptors (Lipinski definition) is 5. The molecule has 0 saturated carbocycles. The van der Waals surface area contributed by atoms with Gasteiger partial charge in [0.1, 0.15) is 12.1 Å². The largest absolute Gasteiger partial charge is 0.484 e. The summed E-state index contributed by atoms with van der Waals surface area (Å²) in [7, 11) is 0. The lowest BCUT2D eigenvalue weighted by Gasteiger charge is -2.32. The lowest BCUT2D eigenvalue weighted by atomic mass is 9.94. The van der Waals surface area contributed by atoms with Gasteiger partial charge in [0.05, 0.1) is 0 Å². The predicted octanol–water partition coefficient (Wildman–Crippen LogP) is 2.86. The zero-order valence-electron chi connectivity index (χ0n) is 16.3. The van der Waals surface area contributed by atoms with Gasteiger partial charge in [-0.3, -0.25) is 9.69 Å². The van der Waals surface area contributed by atoms with Gasteiger partial charge in [-0.15, -0.1) is 0 Å². The summed E-state index contributed by atoms with van der Waals surface area (Å²) in [6.07, 6.45) is 8.06. The molecule has 2 saturated heterocycles. The molecular weight excluding hydrogens is 352 g/mol. The molecule has 3 heterocycles. The summed E-state index contributed by atoms with van der Waals surface area (Å²) in [5.41, 5.74) is 2.41. The van der Waals surface area contributed by atoms with E-state index in [0.29, 0.717) is 5.92 Å². The van der Waals surface area contributed by atoms with E-state index in [1.807, 2.05) is 29.3 Å². The summed E-state index contributed by atoms with van der Waals surface area (Å²) in [6, 6.07) is 10.2. The van der Waals surface area contributed by atoms with Crippen molar-refractivity contribution in [1.29, 1.82) is 0 Å². The highest BCUT2D eigenvalue weighted by molar-refractivity contribution is 5.78. The summed E-state index contributed by atoms with van der Waals surface area (Å²) in [5.74, 6) is 1.33. The van der Waals surface area contributed by atoms with Gasteiger partial charge < -0.3 is 9.64 Å². The number of ether oxygens (including phenoxy) is 1. The number of benzene rings is 1. The Bertz CT molecular complexity index is 760. The first-order valence-corrected chi connectivity index (χ1v) is 10.3. The smallest absolute Gasteiger partial charge is 0.260 e. The number of likely N-dealkylation sites (tertiary alicyclic amines) is 2. The molecule has 6 heteroatoms. The molecule has 2 fully saturated rings. The standard InChI is InChI=1S/C22H28N4O2/c27-22(26-12-1-2-13-26)16-28-20-7-5-18(6-8-20)14-25-11-3-4-19(15-25)21-9-10-23-17-24-21/h5-10,17,19H,1-4,11-16H2/t19-/m0/s1. The van der Waals surface area contributed by atoms with Crippen LogP contribution in [-0.2, 0) is 11.3 Å². The Hall–Kier alpha value is -2.47. The summed E-state index contributed by atoms with van der Waals surface area (Å²) in [4.78, 5) is 24.9. The Morgan fingerprint density at radius 1 is 1.07 bits per heavy atom. The van der Waals surface area contributed by atoms with Crippen LogP contribution in [-0.4, -0.2) is 58.5 Å². The topological polar surface area (TPSA) is 58.6 Å². The third kappa shape index (κ3) is 4.87. The van der Waals surface area contributed by atoms with Crippen LogP contribution in [0.3, 0.4) is 0 Å². The van der Waals surface area contributed by atoms with Gasteiger partial charge in [0.25, 0.3) is 5.91 Å². The monoisotopic (exact) mass is 380 g/mol. The van der Waals surface area contributed by atoms with Crippen LogP contribution >= 0.6 is 0 Å². The second-order valence-corrected chi connectivity index (χ2v) is 7.73. The van der Waals surface area contributed by atoms with Crippen molar-refractivity contribution in [3.8, 4) is 5.75 Å². The maximum absolute atomic E-state index is 12.1. The average Bonchev–Trinajstić information content (AvgIpc) is 3.29. The van der Waals surface area contributed by atoms with Crippen molar-refractivity contribution in [1.82, 2.24) is 19.8 Å². The maximum Gasteiger partial charge on any atom is 0.260 e. The van der Waals surface area contributed by atoms with Gasteiger partial charge in [0.2, 0.25) is 0 Å². The van der Waals surface area contributed by atoms with Gasteiger partial charge in [0, 0.05) is 44.0 Å². The molecule has 0 radical (unpaired) electrons. The fourth-order valence-corrected chi connectivity index (χ4v) is 4.14. The summed E-state index contributed by atoms with van der Waals surface area (Å²) in [5, 5.41) is 0. The third-order valence-electron chi connectivity index (χ3n) is 5.68. The number of amides is 1. The van der Waals surface area contributed by atoms with Crippen LogP contribution in [0, 0.1) is 0 Å². The number of piperidine rings is 1. The van der Waals surface area contributed by atoms with Gasteiger partial charge >= 0.3 is 0 Å². The van der Waals surface area contributed by atoms with Crippen LogP contribution in [0.15, 0.2) is 42.9 Å². The van der Waals surface area contributed by atoms with Crippen molar-refractivity contribution in [3.05, 3.63) is 54.1 Å². The Morgan fingerprint density at radius 3 is 2.64 bits per heavy atom. The highest BCUT2D eigenvalue weighted by Gasteiger charge is 2.22. The van der Waals surface area contributed by atoms with Crippen molar-refractivity contribution in [2.75, 3.05) is 32.8 Å². The number of carbonyl (C=O) groups is 1. The Kier molecular flexibility index (Phi) is 6.17. The first-order valence-electron chi connectivity index (χ1n) is 10.3. The molecular formula is C22H28N4O2. The fraction of sp³-hybridized carbons (Fsp3) is 0.500. The number of rotatable bonds is 6. The molecule has 4 rings (SSSR count). The van der Waals surface area contributed by atoms with Crippen LogP contribution in [0.4, 0.5) is 0 Å². The van der Waals surface area contributed by atoms with Crippen molar-refractivity contribution in [2.45, 2.75) is 38.1 Å². The molecule has 1 atom stereocenters. The molecule has 2 aromatic rings. The average molecular weight is 380 g/mol. The number of hydrogen-bond donors (Lipinski definition) is 0. The van der Waals surface area contributed by atoms with E-state index < -0.39 is 0 Å². The van der Waals surface area contributed by atoms with Crippen LogP contribution in [0.1, 0.15) is 42.9 Å². The Morgan fingerprint density at radius 2 is 1.89 bits per heavy atom. The molecule has 0 aliphatic carbocycles. The minimum atomic E-state index is 0.0886. The van der Waals surface area contributed by atoms with E-state index in [0.717, 1.165) is 57.0 Å². The second-order valence-electron chi connectivity index (χ2n) is 7.73. The lowest BCUT2D eigenvalue weighted by molar-refractivity contribution is -0.132. The van der Waals surface area contributed by atoms with Crippen molar-refractivity contribution < 1.29 is 9.53 Å². The first-order chi connectivity index (χ1) is 13.8. The van der Waals surface area contributed by atoms with Gasteiger partial charge in [-0.1, -0.05) is 12.1 Å². The summed E-state index contributed by atoms with van der Waals surface area (Å²) >= 11 is 0. The van der Waals surface area contributed by atoms with Gasteiger partial charge in [-0.2, -0.15) is 0 Å². The van der Waals surface area contributed by atoms with E-state index in [-0.39, 0.29) is 12.5 Å². The van der Waals surface area contributed by atoms with Crippen LogP contribution in [0.2, 0.25) is 0 Å². The maximum atomic E-state index is 12.1. The summed E-state index contributed by atoms with van der Waals surface area (Å²) in [6.45, 7) is 4.93. The molecule has 1 amide bonds. The predicted molar refractivity (Wildman–Crippen MR) is 107 cm³/mol. The number of carbonyl (C=O) groups excluding carboxylic acids is 1. The van der Waals surface area contributed by atoms with Crippen LogP contribution < -0.4 is 4.74 Å². The molecule has 28 heavy (non-hydrogen) atoms. The van der Waals surface area contributed by atoms with Crippen LogP contribution in [0.5, 0.6) is 5.75 Å². The van der Waals surface area contributed by atoms with E-state index in [1.165, 1.54) is 18.4 Å². The molecule has 2 aliphatic heterocycles. The quantitative estimate of drug-likeness (QED) is 0.771. The molecule has 0 spiro atoms. The van der Waals surface area contributed by atoms with Gasteiger partial charge in [-0.25, -0.2) is 9.97 Å². The van der Waals surface area contributed by atoms with E-state index in [4.69, 9.17) is 4.74 Å². The molecule has 148 valence electrons. The Labute approximate surface area is 166 Å². The number of nitrogens with zero attached hydrogens (tertiary/aromatic N) is 4. The van der Waals surface area contributed by atoms with E-state index >= 15 is 0 Å². The SMILES string of the molecule is O=C(COc1ccc(CN2CCC[C@H](c3ccncn3)C2)cc1)N1CCCC1. The summed E-state index contributed by atoms with van der Waals surface area (Å²) < 4.78 is 5.68. The Balaban J connectivity index is 1.27. The fourth-order valence-electron chi connectivity index (χ4n) is 4.14. The zero-order valence-corrected chi connectivity index (χ0v) is 16.3.